The number of carboxylic acids is 1. The van der Waals surface area contributed by atoms with Gasteiger partial charge in [0.2, 0.25) is 0 Å². The Hall–Kier alpha value is -1.88. The SMILES string of the molecule is COC(CNC(=O)c1c(C)c(C)c(C)c(C)c1C)C(=O)O. The normalized spacial score (nSPS) is 12.1. The third-order valence-electron chi connectivity index (χ3n) is 4.24. The van der Waals surface area contributed by atoms with Gasteiger partial charge in [-0.3, -0.25) is 4.79 Å². The average molecular weight is 293 g/mol. The molecule has 0 radical (unpaired) electrons. The predicted octanol–water partition coefficient (Wildman–Crippen LogP) is 2.06. The van der Waals surface area contributed by atoms with Gasteiger partial charge >= 0.3 is 5.97 Å². The minimum absolute atomic E-state index is 0.0600. The van der Waals surface area contributed by atoms with Gasteiger partial charge in [-0.2, -0.15) is 0 Å². The lowest BCUT2D eigenvalue weighted by Gasteiger charge is -2.19. The van der Waals surface area contributed by atoms with Gasteiger partial charge in [-0.25, -0.2) is 4.79 Å². The van der Waals surface area contributed by atoms with E-state index >= 15 is 0 Å². The van der Waals surface area contributed by atoms with Crippen LogP contribution in [0.25, 0.3) is 0 Å². The van der Waals surface area contributed by atoms with E-state index in [1.54, 1.807) is 0 Å². The third kappa shape index (κ3) is 3.42. The molecule has 0 saturated carbocycles. The summed E-state index contributed by atoms with van der Waals surface area (Å²) < 4.78 is 4.81. The summed E-state index contributed by atoms with van der Waals surface area (Å²) in [4.78, 5) is 23.3. The van der Waals surface area contributed by atoms with Gasteiger partial charge in [0.15, 0.2) is 6.10 Å². The lowest BCUT2D eigenvalue weighted by atomic mass is 9.89. The monoisotopic (exact) mass is 293 g/mol. The fraction of sp³-hybridized carbons (Fsp3) is 0.500. The number of rotatable bonds is 5. The summed E-state index contributed by atoms with van der Waals surface area (Å²) in [5.41, 5.74) is 5.84. The molecule has 0 bridgehead atoms. The van der Waals surface area contributed by atoms with E-state index in [1.807, 2.05) is 34.6 Å². The largest absolute Gasteiger partial charge is 0.479 e. The number of benzene rings is 1. The first-order valence-corrected chi connectivity index (χ1v) is 6.83. The third-order valence-corrected chi connectivity index (χ3v) is 4.24. The van der Waals surface area contributed by atoms with E-state index in [4.69, 9.17) is 9.84 Å². The number of ether oxygens (including phenoxy) is 1. The molecule has 1 aromatic rings. The van der Waals surface area contributed by atoms with E-state index in [1.165, 1.54) is 12.7 Å². The first kappa shape index (κ1) is 17.2. The van der Waals surface area contributed by atoms with Crippen LogP contribution < -0.4 is 5.32 Å². The zero-order valence-corrected chi connectivity index (χ0v) is 13.5. The Morgan fingerprint density at radius 3 is 1.81 bits per heavy atom. The smallest absolute Gasteiger partial charge is 0.334 e. The van der Waals surface area contributed by atoms with Gasteiger partial charge < -0.3 is 15.2 Å². The molecule has 5 heteroatoms. The molecule has 1 rings (SSSR count). The van der Waals surface area contributed by atoms with Crippen molar-refractivity contribution in [3.8, 4) is 0 Å². The molecule has 116 valence electrons. The van der Waals surface area contributed by atoms with E-state index < -0.39 is 12.1 Å². The summed E-state index contributed by atoms with van der Waals surface area (Å²) in [6.45, 7) is 9.78. The van der Waals surface area contributed by atoms with Crippen LogP contribution in [-0.2, 0) is 9.53 Å². The topological polar surface area (TPSA) is 75.6 Å². The Bertz CT molecular complexity index is 549. The van der Waals surface area contributed by atoms with E-state index in [2.05, 4.69) is 5.32 Å². The van der Waals surface area contributed by atoms with E-state index in [0.717, 1.165) is 22.3 Å². The van der Waals surface area contributed by atoms with Crippen molar-refractivity contribution in [1.82, 2.24) is 5.32 Å². The summed E-state index contributed by atoms with van der Waals surface area (Å²) in [5, 5.41) is 11.6. The molecule has 1 amide bonds. The second-order valence-corrected chi connectivity index (χ2v) is 5.27. The number of aliphatic carboxylic acids is 1. The summed E-state index contributed by atoms with van der Waals surface area (Å²) in [6.07, 6.45) is -1.04. The van der Waals surface area contributed by atoms with Crippen LogP contribution in [-0.4, -0.2) is 36.7 Å². The maximum atomic E-state index is 12.4. The molecule has 0 aliphatic heterocycles. The van der Waals surface area contributed by atoms with E-state index in [0.29, 0.717) is 5.56 Å². The van der Waals surface area contributed by atoms with Crippen LogP contribution in [0.5, 0.6) is 0 Å². The van der Waals surface area contributed by atoms with Crippen LogP contribution >= 0.6 is 0 Å². The number of carboxylic acid groups (broad SMARTS) is 1. The van der Waals surface area contributed by atoms with Crippen LogP contribution in [0.15, 0.2) is 0 Å². The Balaban J connectivity index is 3.07. The fourth-order valence-electron chi connectivity index (χ4n) is 2.39. The zero-order chi connectivity index (χ0) is 16.3. The molecule has 0 heterocycles. The highest BCUT2D eigenvalue weighted by atomic mass is 16.5. The summed E-state index contributed by atoms with van der Waals surface area (Å²) in [5.74, 6) is -1.36. The molecule has 1 aromatic carbocycles. The fourth-order valence-corrected chi connectivity index (χ4v) is 2.39. The molecule has 0 spiro atoms. The number of nitrogens with one attached hydrogen (secondary N) is 1. The molecule has 2 N–H and O–H groups in total. The number of hydrogen-bond acceptors (Lipinski definition) is 3. The van der Waals surface area contributed by atoms with Gasteiger partial charge in [-0.15, -0.1) is 0 Å². The van der Waals surface area contributed by atoms with Crippen molar-refractivity contribution < 1.29 is 19.4 Å². The summed E-state index contributed by atoms with van der Waals surface area (Å²) >= 11 is 0. The number of hydrogen-bond donors (Lipinski definition) is 2. The van der Waals surface area contributed by atoms with Gasteiger partial charge in [-0.05, 0) is 62.4 Å². The minimum atomic E-state index is -1.09. The quantitative estimate of drug-likeness (QED) is 0.871. The van der Waals surface area contributed by atoms with Crippen molar-refractivity contribution in [2.75, 3.05) is 13.7 Å². The molecule has 0 aromatic heterocycles. The number of carbonyl (C=O) groups is 2. The molecule has 1 unspecified atom stereocenters. The second-order valence-electron chi connectivity index (χ2n) is 5.27. The number of carbonyl (C=O) groups excluding carboxylic acids is 1. The van der Waals surface area contributed by atoms with Crippen LogP contribution in [0.2, 0.25) is 0 Å². The van der Waals surface area contributed by atoms with Crippen LogP contribution in [0.1, 0.15) is 38.2 Å². The molecule has 0 saturated heterocycles. The van der Waals surface area contributed by atoms with Gasteiger partial charge in [0.1, 0.15) is 0 Å². The van der Waals surface area contributed by atoms with Crippen molar-refractivity contribution >= 4 is 11.9 Å². The second kappa shape index (κ2) is 6.72. The Morgan fingerprint density at radius 2 is 1.43 bits per heavy atom. The molecule has 0 fully saturated rings. The molecule has 0 aliphatic carbocycles. The Morgan fingerprint density at radius 1 is 1.00 bits per heavy atom. The standard InChI is InChI=1S/C16H23NO4/c1-8-9(2)11(4)14(12(5)10(8)3)15(18)17-7-13(21-6)16(19)20/h13H,7H2,1-6H3,(H,17,18)(H,19,20). The highest BCUT2D eigenvalue weighted by molar-refractivity contribution is 5.98. The van der Waals surface area contributed by atoms with Crippen molar-refractivity contribution in [3.05, 3.63) is 33.4 Å². The highest BCUT2D eigenvalue weighted by Gasteiger charge is 2.21. The van der Waals surface area contributed by atoms with Crippen LogP contribution in [0.3, 0.4) is 0 Å². The molecular formula is C16H23NO4. The highest BCUT2D eigenvalue weighted by Crippen LogP contribution is 2.25. The average Bonchev–Trinajstić information content (AvgIpc) is 2.43. The van der Waals surface area contributed by atoms with Gasteiger partial charge in [-0.1, -0.05) is 0 Å². The molecule has 0 aliphatic rings. The first-order valence-electron chi connectivity index (χ1n) is 6.83. The van der Waals surface area contributed by atoms with Gasteiger partial charge in [0.25, 0.3) is 5.91 Å². The lowest BCUT2D eigenvalue weighted by Crippen LogP contribution is -2.38. The molecule has 21 heavy (non-hydrogen) atoms. The maximum absolute atomic E-state index is 12.4. The summed E-state index contributed by atoms with van der Waals surface area (Å²) in [6, 6.07) is 0. The number of methoxy groups -OCH3 is 1. The lowest BCUT2D eigenvalue weighted by molar-refractivity contribution is -0.148. The van der Waals surface area contributed by atoms with Crippen LogP contribution in [0, 0.1) is 34.6 Å². The Labute approximate surface area is 125 Å². The van der Waals surface area contributed by atoms with E-state index in [-0.39, 0.29) is 12.5 Å². The Kier molecular flexibility index (Phi) is 5.49. The maximum Gasteiger partial charge on any atom is 0.334 e. The van der Waals surface area contributed by atoms with Gasteiger partial charge in [0, 0.05) is 12.7 Å². The van der Waals surface area contributed by atoms with Crippen molar-refractivity contribution in [2.45, 2.75) is 40.7 Å². The minimum Gasteiger partial charge on any atom is -0.479 e. The zero-order valence-electron chi connectivity index (χ0n) is 13.5. The molecular weight excluding hydrogens is 270 g/mol. The number of amides is 1. The van der Waals surface area contributed by atoms with E-state index in [9.17, 15) is 9.59 Å². The van der Waals surface area contributed by atoms with Crippen molar-refractivity contribution in [1.29, 1.82) is 0 Å². The molecule has 5 nitrogen and oxygen atoms in total. The van der Waals surface area contributed by atoms with Crippen molar-refractivity contribution in [2.24, 2.45) is 0 Å². The predicted molar refractivity (Wildman–Crippen MR) is 80.9 cm³/mol. The van der Waals surface area contributed by atoms with Crippen LogP contribution in [0.4, 0.5) is 0 Å². The molecule has 1 atom stereocenters. The van der Waals surface area contributed by atoms with Crippen molar-refractivity contribution in [3.63, 3.8) is 0 Å². The first-order chi connectivity index (χ1) is 9.72. The summed E-state index contributed by atoms with van der Waals surface area (Å²) in [7, 11) is 1.31. The van der Waals surface area contributed by atoms with Gasteiger partial charge in [0.05, 0.1) is 6.54 Å².